The summed E-state index contributed by atoms with van der Waals surface area (Å²) in [6, 6.07) is 16.2. The van der Waals surface area contributed by atoms with Crippen LogP contribution in [-0.2, 0) is 0 Å². The molecule has 128 valence electrons. The van der Waals surface area contributed by atoms with Gasteiger partial charge in [-0.1, -0.05) is 18.2 Å². The van der Waals surface area contributed by atoms with Gasteiger partial charge in [-0.3, -0.25) is 9.36 Å². The molecule has 26 heavy (non-hydrogen) atoms. The molecular formula is C18H15N7O. The molecule has 8 heteroatoms. The fraction of sp³-hybridized carbons (Fsp3) is 0. The average molecular weight is 345 g/mol. The minimum atomic E-state index is -0.499. The number of anilines is 3. The minimum absolute atomic E-state index is 0.339. The lowest BCUT2D eigenvalue weighted by molar-refractivity contribution is 0.100. The van der Waals surface area contributed by atoms with Crippen molar-refractivity contribution in [3.05, 3.63) is 66.4 Å². The first-order valence-corrected chi connectivity index (χ1v) is 7.85. The summed E-state index contributed by atoms with van der Waals surface area (Å²) in [5, 5.41) is 3.06. The molecule has 0 aliphatic heterocycles. The fourth-order valence-corrected chi connectivity index (χ4v) is 2.70. The zero-order chi connectivity index (χ0) is 18.1. The Kier molecular flexibility index (Phi) is 3.70. The SMILES string of the molecule is NC(=O)c1cccc(Nc2nccc(-n3c(N)nc4ccccc43)n2)c1. The number of nitrogens with two attached hydrogens (primary N) is 2. The summed E-state index contributed by atoms with van der Waals surface area (Å²) >= 11 is 0. The van der Waals surface area contributed by atoms with Crippen LogP contribution in [0.2, 0.25) is 0 Å². The van der Waals surface area contributed by atoms with Gasteiger partial charge in [0, 0.05) is 23.5 Å². The van der Waals surface area contributed by atoms with Crippen LogP contribution in [0.15, 0.2) is 60.8 Å². The molecule has 0 fully saturated rings. The van der Waals surface area contributed by atoms with E-state index in [0.717, 1.165) is 11.0 Å². The maximum Gasteiger partial charge on any atom is 0.248 e. The monoisotopic (exact) mass is 345 g/mol. The summed E-state index contributed by atoms with van der Waals surface area (Å²) < 4.78 is 1.75. The van der Waals surface area contributed by atoms with Crippen LogP contribution < -0.4 is 16.8 Å². The number of carbonyl (C=O) groups excluding carboxylic acids is 1. The van der Waals surface area contributed by atoms with Crippen LogP contribution in [0.5, 0.6) is 0 Å². The van der Waals surface area contributed by atoms with Crippen molar-refractivity contribution in [2.75, 3.05) is 11.1 Å². The van der Waals surface area contributed by atoms with Gasteiger partial charge in [0.2, 0.25) is 17.8 Å². The van der Waals surface area contributed by atoms with Gasteiger partial charge in [-0.05, 0) is 30.3 Å². The van der Waals surface area contributed by atoms with Crippen molar-refractivity contribution in [1.29, 1.82) is 0 Å². The standard InChI is InChI=1S/C18H15N7O/c19-16(26)11-4-3-5-12(10-11)22-18-21-9-8-15(24-18)25-14-7-2-1-6-13(14)23-17(25)20/h1-10H,(H2,19,26)(H2,20,23)(H,21,22,24). The number of imidazole rings is 1. The Labute approximate surface area is 148 Å². The number of hydrogen-bond donors (Lipinski definition) is 3. The first-order chi connectivity index (χ1) is 12.6. The second-order valence-corrected chi connectivity index (χ2v) is 5.60. The van der Waals surface area contributed by atoms with Crippen LogP contribution in [0.1, 0.15) is 10.4 Å². The zero-order valence-corrected chi connectivity index (χ0v) is 13.6. The zero-order valence-electron chi connectivity index (χ0n) is 13.6. The largest absolute Gasteiger partial charge is 0.369 e. The topological polar surface area (TPSA) is 125 Å². The third-order valence-electron chi connectivity index (χ3n) is 3.86. The lowest BCUT2D eigenvalue weighted by Crippen LogP contribution is -2.11. The van der Waals surface area contributed by atoms with E-state index in [-0.39, 0.29) is 0 Å². The molecule has 0 bridgehead atoms. The Morgan fingerprint density at radius 1 is 1.04 bits per heavy atom. The molecule has 0 aliphatic carbocycles. The van der Waals surface area contributed by atoms with Crippen molar-refractivity contribution in [3.63, 3.8) is 0 Å². The third-order valence-corrected chi connectivity index (χ3v) is 3.86. The Morgan fingerprint density at radius 3 is 2.73 bits per heavy atom. The molecule has 0 aliphatic rings. The van der Waals surface area contributed by atoms with Crippen LogP contribution in [0.25, 0.3) is 16.9 Å². The molecule has 8 nitrogen and oxygen atoms in total. The number of primary amides is 1. The number of hydrogen-bond acceptors (Lipinski definition) is 6. The Morgan fingerprint density at radius 2 is 1.88 bits per heavy atom. The summed E-state index contributed by atoms with van der Waals surface area (Å²) in [7, 11) is 0. The van der Waals surface area contributed by atoms with E-state index in [1.54, 1.807) is 41.1 Å². The van der Waals surface area contributed by atoms with Crippen molar-refractivity contribution in [1.82, 2.24) is 19.5 Å². The summed E-state index contributed by atoms with van der Waals surface area (Å²) in [6.07, 6.45) is 1.62. The van der Waals surface area contributed by atoms with E-state index in [9.17, 15) is 4.79 Å². The van der Waals surface area contributed by atoms with Gasteiger partial charge in [-0.15, -0.1) is 0 Å². The van der Waals surface area contributed by atoms with Gasteiger partial charge in [-0.25, -0.2) is 9.97 Å². The minimum Gasteiger partial charge on any atom is -0.369 e. The maximum absolute atomic E-state index is 11.3. The fourth-order valence-electron chi connectivity index (χ4n) is 2.70. The molecule has 2 aromatic carbocycles. The second-order valence-electron chi connectivity index (χ2n) is 5.60. The molecule has 2 aromatic heterocycles. The summed E-state index contributed by atoms with van der Waals surface area (Å²) in [4.78, 5) is 24.4. The van der Waals surface area contributed by atoms with Crippen LogP contribution in [0, 0.1) is 0 Å². The van der Waals surface area contributed by atoms with Gasteiger partial charge >= 0.3 is 0 Å². The Bertz CT molecular complexity index is 1120. The molecule has 0 spiro atoms. The first-order valence-electron chi connectivity index (χ1n) is 7.85. The normalized spacial score (nSPS) is 10.8. The van der Waals surface area contributed by atoms with Gasteiger partial charge in [0.1, 0.15) is 5.82 Å². The average Bonchev–Trinajstić information content (AvgIpc) is 2.98. The number of amides is 1. The second kappa shape index (κ2) is 6.17. The lowest BCUT2D eigenvalue weighted by Gasteiger charge is -2.09. The van der Waals surface area contributed by atoms with Crippen LogP contribution in [-0.4, -0.2) is 25.4 Å². The highest BCUT2D eigenvalue weighted by Gasteiger charge is 2.11. The van der Waals surface area contributed by atoms with E-state index in [1.807, 2.05) is 24.3 Å². The van der Waals surface area contributed by atoms with Crippen LogP contribution in [0.3, 0.4) is 0 Å². The van der Waals surface area contributed by atoms with Crippen molar-refractivity contribution < 1.29 is 4.79 Å². The van der Waals surface area contributed by atoms with Crippen LogP contribution >= 0.6 is 0 Å². The van der Waals surface area contributed by atoms with Gasteiger partial charge in [0.25, 0.3) is 0 Å². The lowest BCUT2D eigenvalue weighted by atomic mass is 10.2. The quantitative estimate of drug-likeness (QED) is 0.521. The molecular weight excluding hydrogens is 330 g/mol. The smallest absolute Gasteiger partial charge is 0.248 e. The maximum atomic E-state index is 11.3. The van der Waals surface area contributed by atoms with Crippen molar-refractivity contribution in [2.45, 2.75) is 0 Å². The number of nitrogen functional groups attached to an aromatic ring is 1. The van der Waals surface area contributed by atoms with Gasteiger partial charge in [-0.2, -0.15) is 4.98 Å². The number of para-hydroxylation sites is 2. The highest BCUT2D eigenvalue weighted by atomic mass is 16.1. The van der Waals surface area contributed by atoms with E-state index in [2.05, 4.69) is 20.3 Å². The number of aromatic nitrogens is 4. The van der Waals surface area contributed by atoms with E-state index < -0.39 is 5.91 Å². The number of fused-ring (bicyclic) bond motifs is 1. The number of benzene rings is 2. The van der Waals surface area contributed by atoms with Crippen molar-refractivity contribution in [3.8, 4) is 5.82 Å². The van der Waals surface area contributed by atoms with Gasteiger partial charge in [0.05, 0.1) is 11.0 Å². The summed E-state index contributed by atoms with van der Waals surface area (Å²) in [5.41, 5.74) is 14.1. The molecule has 5 N–H and O–H groups in total. The number of carbonyl (C=O) groups is 1. The van der Waals surface area contributed by atoms with E-state index >= 15 is 0 Å². The van der Waals surface area contributed by atoms with Gasteiger partial charge in [0.15, 0.2) is 0 Å². The van der Waals surface area contributed by atoms with Gasteiger partial charge < -0.3 is 16.8 Å². The molecule has 0 atom stereocenters. The molecule has 2 heterocycles. The predicted molar refractivity (Wildman–Crippen MR) is 99.3 cm³/mol. The van der Waals surface area contributed by atoms with E-state index in [1.165, 1.54) is 0 Å². The molecule has 0 saturated carbocycles. The van der Waals surface area contributed by atoms with E-state index in [4.69, 9.17) is 11.5 Å². The highest BCUT2D eigenvalue weighted by molar-refractivity contribution is 5.93. The number of nitrogens with zero attached hydrogens (tertiary/aromatic N) is 4. The number of rotatable bonds is 4. The molecule has 0 saturated heterocycles. The van der Waals surface area contributed by atoms with E-state index in [0.29, 0.717) is 29.0 Å². The van der Waals surface area contributed by atoms with Crippen molar-refractivity contribution in [2.24, 2.45) is 5.73 Å². The molecule has 1 amide bonds. The third kappa shape index (κ3) is 2.80. The molecule has 0 unspecified atom stereocenters. The summed E-state index contributed by atoms with van der Waals surface area (Å²) in [5.74, 6) is 0.786. The molecule has 0 radical (unpaired) electrons. The molecule has 4 aromatic rings. The Balaban J connectivity index is 1.72. The predicted octanol–water partition coefficient (Wildman–Crippen LogP) is 2.24. The molecule has 4 rings (SSSR count). The number of nitrogens with one attached hydrogen (secondary N) is 1. The highest BCUT2D eigenvalue weighted by Crippen LogP contribution is 2.22. The van der Waals surface area contributed by atoms with Crippen LogP contribution in [0.4, 0.5) is 17.6 Å². The Hall–Kier alpha value is -3.94. The summed E-state index contributed by atoms with van der Waals surface area (Å²) in [6.45, 7) is 0. The van der Waals surface area contributed by atoms with Crippen molar-refractivity contribution >= 4 is 34.5 Å². The first kappa shape index (κ1) is 15.6.